The summed E-state index contributed by atoms with van der Waals surface area (Å²) in [5.74, 6) is 0.885. The van der Waals surface area contributed by atoms with Gasteiger partial charge in [0, 0.05) is 25.6 Å². The lowest BCUT2D eigenvalue weighted by Gasteiger charge is -2.32. The fourth-order valence-electron chi connectivity index (χ4n) is 2.79. The highest BCUT2D eigenvalue weighted by Gasteiger charge is 2.43. The number of carbonyl (C=O) groups is 1. The first kappa shape index (κ1) is 14.2. The monoisotopic (exact) mass is 294 g/mol. The Morgan fingerprint density at radius 2 is 2.14 bits per heavy atom. The third-order valence-corrected chi connectivity index (χ3v) is 4.50. The maximum Gasteiger partial charge on any atom is 0.246 e. The molecular weight excluding hydrogens is 272 g/mol. The maximum atomic E-state index is 11.9. The van der Waals surface area contributed by atoms with E-state index in [2.05, 4.69) is 32.7 Å². The molecule has 8 heteroatoms. The standard InChI is InChI=1S/C13H22N6O2/c1-13(4-5-13)19-12(15-16-17-19)18-7-2-10(3-8-18)11(21)14-6-9-20/h10,20H,2-9H2,1H3,(H,14,21). The molecule has 0 bridgehead atoms. The van der Waals surface area contributed by atoms with Gasteiger partial charge in [-0.1, -0.05) is 5.10 Å². The number of rotatable bonds is 5. The Morgan fingerprint density at radius 3 is 2.76 bits per heavy atom. The van der Waals surface area contributed by atoms with Crippen LogP contribution in [0.4, 0.5) is 5.95 Å². The quantitative estimate of drug-likeness (QED) is 0.760. The van der Waals surface area contributed by atoms with Gasteiger partial charge >= 0.3 is 0 Å². The topological polar surface area (TPSA) is 96.2 Å². The summed E-state index contributed by atoms with van der Waals surface area (Å²) >= 11 is 0. The van der Waals surface area contributed by atoms with E-state index in [1.807, 2.05) is 4.68 Å². The molecular formula is C13H22N6O2. The highest BCUT2D eigenvalue weighted by molar-refractivity contribution is 5.78. The first-order chi connectivity index (χ1) is 10.1. The van der Waals surface area contributed by atoms with E-state index in [4.69, 9.17) is 5.11 Å². The van der Waals surface area contributed by atoms with Crippen LogP contribution in [0.15, 0.2) is 0 Å². The number of aromatic nitrogens is 4. The van der Waals surface area contributed by atoms with Crippen molar-refractivity contribution in [2.75, 3.05) is 31.1 Å². The van der Waals surface area contributed by atoms with Crippen molar-refractivity contribution < 1.29 is 9.90 Å². The van der Waals surface area contributed by atoms with E-state index in [-0.39, 0.29) is 24.0 Å². The third-order valence-electron chi connectivity index (χ3n) is 4.50. The van der Waals surface area contributed by atoms with E-state index >= 15 is 0 Å². The molecule has 116 valence electrons. The lowest BCUT2D eigenvalue weighted by atomic mass is 9.96. The summed E-state index contributed by atoms with van der Waals surface area (Å²) in [5.41, 5.74) is 0.0776. The molecule has 0 atom stereocenters. The van der Waals surface area contributed by atoms with Crippen LogP contribution >= 0.6 is 0 Å². The highest BCUT2D eigenvalue weighted by atomic mass is 16.3. The van der Waals surface area contributed by atoms with Gasteiger partial charge < -0.3 is 15.3 Å². The van der Waals surface area contributed by atoms with Gasteiger partial charge in [0.05, 0.1) is 12.1 Å². The number of piperidine rings is 1. The number of anilines is 1. The molecule has 1 aliphatic carbocycles. The summed E-state index contributed by atoms with van der Waals surface area (Å²) in [5, 5.41) is 23.6. The van der Waals surface area contributed by atoms with Crippen molar-refractivity contribution in [3.8, 4) is 0 Å². The zero-order valence-corrected chi connectivity index (χ0v) is 12.3. The molecule has 1 aromatic heterocycles. The van der Waals surface area contributed by atoms with Gasteiger partial charge in [0.2, 0.25) is 11.9 Å². The maximum absolute atomic E-state index is 11.9. The van der Waals surface area contributed by atoms with Crippen LogP contribution in [-0.4, -0.2) is 57.5 Å². The van der Waals surface area contributed by atoms with Gasteiger partial charge in [0.15, 0.2) is 0 Å². The molecule has 1 amide bonds. The van der Waals surface area contributed by atoms with Crippen LogP contribution in [0.2, 0.25) is 0 Å². The molecule has 0 aromatic carbocycles. The van der Waals surface area contributed by atoms with Gasteiger partial charge in [-0.3, -0.25) is 4.79 Å². The lowest BCUT2D eigenvalue weighted by Crippen LogP contribution is -2.42. The number of amides is 1. The lowest BCUT2D eigenvalue weighted by molar-refractivity contribution is -0.125. The van der Waals surface area contributed by atoms with Gasteiger partial charge in [-0.15, -0.1) is 0 Å². The van der Waals surface area contributed by atoms with E-state index in [0.717, 1.165) is 44.7 Å². The highest BCUT2D eigenvalue weighted by Crippen LogP contribution is 2.44. The van der Waals surface area contributed by atoms with Gasteiger partial charge in [-0.05, 0) is 43.0 Å². The third kappa shape index (κ3) is 2.85. The van der Waals surface area contributed by atoms with E-state index in [0.29, 0.717) is 6.54 Å². The van der Waals surface area contributed by atoms with Crippen LogP contribution in [-0.2, 0) is 10.3 Å². The Labute approximate surface area is 123 Å². The van der Waals surface area contributed by atoms with Crippen LogP contribution in [0.25, 0.3) is 0 Å². The zero-order valence-electron chi connectivity index (χ0n) is 12.3. The van der Waals surface area contributed by atoms with Crippen molar-refractivity contribution in [2.24, 2.45) is 5.92 Å². The second-order valence-corrected chi connectivity index (χ2v) is 6.16. The average molecular weight is 294 g/mol. The average Bonchev–Trinajstić information content (AvgIpc) is 3.05. The van der Waals surface area contributed by atoms with Crippen molar-refractivity contribution >= 4 is 11.9 Å². The number of hydrogen-bond acceptors (Lipinski definition) is 6. The smallest absolute Gasteiger partial charge is 0.246 e. The van der Waals surface area contributed by atoms with Crippen molar-refractivity contribution in [1.29, 1.82) is 0 Å². The Morgan fingerprint density at radius 1 is 1.43 bits per heavy atom. The van der Waals surface area contributed by atoms with Crippen molar-refractivity contribution in [1.82, 2.24) is 25.5 Å². The molecule has 8 nitrogen and oxygen atoms in total. The number of aliphatic hydroxyl groups is 1. The minimum absolute atomic E-state index is 0.0159. The fourth-order valence-corrected chi connectivity index (χ4v) is 2.79. The largest absolute Gasteiger partial charge is 0.395 e. The molecule has 1 aromatic rings. The molecule has 1 saturated heterocycles. The summed E-state index contributed by atoms with van der Waals surface area (Å²) < 4.78 is 1.93. The molecule has 2 fully saturated rings. The Balaban J connectivity index is 1.59. The SMILES string of the molecule is CC1(n2nnnc2N2CCC(C(=O)NCCO)CC2)CC1. The second kappa shape index (κ2) is 5.59. The Hall–Kier alpha value is -1.70. The molecule has 0 unspecified atom stereocenters. The summed E-state index contributed by atoms with van der Waals surface area (Å²) in [7, 11) is 0. The number of aliphatic hydroxyl groups excluding tert-OH is 1. The van der Waals surface area contributed by atoms with Crippen molar-refractivity contribution in [2.45, 2.75) is 38.1 Å². The fraction of sp³-hybridized carbons (Fsp3) is 0.846. The van der Waals surface area contributed by atoms with Crippen LogP contribution in [0.1, 0.15) is 32.6 Å². The zero-order chi connectivity index (χ0) is 14.9. The number of tetrazole rings is 1. The summed E-state index contributed by atoms with van der Waals surface area (Å²) in [6.07, 6.45) is 3.82. The van der Waals surface area contributed by atoms with Crippen LogP contribution < -0.4 is 10.2 Å². The molecule has 1 saturated carbocycles. The van der Waals surface area contributed by atoms with Crippen molar-refractivity contribution in [3.63, 3.8) is 0 Å². The molecule has 0 spiro atoms. The van der Waals surface area contributed by atoms with Crippen LogP contribution in [0.3, 0.4) is 0 Å². The van der Waals surface area contributed by atoms with Crippen LogP contribution in [0.5, 0.6) is 0 Å². The molecule has 3 rings (SSSR count). The van der Waals surface area contributed by atoms with Crippen LogP contribution in [0, 0.1) is 5.92 Å². The minimum Gasteiger partial charge on any atom is -0.395 e. The summed E-state index contributed by atoms with van der Waals surface area (Å²) in [6, 6.07) is 0. The minimum atomic E-state index is -0.0159. The Bertz CT molecular complexity index is 505. The van der Waals surface area contributed by atoms with E-state index < -0.39 is 0 Å². The van der Waals surface area contributed by atoms with Crippen molar-refractivity contribution in [3.05, 3.63) is 0 Å². The first-order valence-electron chi connectivity index (χ1n) is 7.56. The van der Waals surface area contributed by atoms with Gasteiger partial charge in [-0.25, -0.2) is 4.68 Å². The molecule has 21 heavy (non-hydrogen) atoms. The number of hydrogen-bond donors (Lipinski definition) is 2. The van der Waals surface area contributed by atoms with Gasteiger partial charge in [-0.2, -0.15) is 0 Å². The van der Waals surface area contributed by atoms with Gasteiger partial charge in [0.1, 0.15) is 0 Å². The first-order valence-corrected chi connectivity index (χ1v) is 7.56. The normalized spacial score (nSPS) is 21.3. The Kier molecular flexibility index (Phi) is 3.79. The summed E-state index contributed by atoms with van der Waals surface area (Å²) in [4.78, 5) is 14.1. The van der Waals surface area contributed by atoms with E-state index in [1.54, 1.807) is 0 Å². The van der Waals surface area contributed by atoms with Gasteiger partial charge in [0.25, 0.3) is 0 Å². The molecule has 2 aliphatic rings. The second-order valence-electron chi connectivity index (χ2n) is 6.16. The number of nitrogens with zero attached hydrogens (tertiary/aromatic N) is 5. The molecule has 2 heterocycles. The number of carbonyl (C=O) groups excluding carboxylic acids is 1. The number of nitrogens with one attached hydrogen (secondary N) is 1. The predicted molar refractivity (Wildman–Crippen MR) is 75.7 cm³/mol. The van der Waals surface area contributed by atoms with E-state index in [1.165, 1.54) is 0 Å². The van der Waals surface area contributed by atoms with E-state index in [9.17, 15) is 4.79 Å². The summed E-state index contributed by atoms with van der Waals surface area (Å²) in [6.45, 7) is 4.05. The molecule has 2 N–H and O–H groups in total. The molecule has 1 aliphatic heterocycles. The molecule has 0 radical (unpaired) electrons. The predicted octanol–water partition coefficient (Wildman–Crippen LogP) is -0.493.